The summed E-state index contributed by atoms with van der Waals surface area (Å²) in [7, 11) is 1.47. The Bertz CT molecular complexity index is 760. The number of carboxylic acid groups (broad SMARTS) is 1. The van der Waals surface area contributed by atoms with E-state index in [9.17, 15) is 4.79 Å². The molecule has 18 heavy (non-hydrogen) atoms. The highest BCUT2D eigenvalue weighted by molar-refractivity contribution is 6.05. The standard InChI is InChI=1S/C13H9NO4/c1-17-10-6-8(13(15)16)14-11-7-4-2-3-5-9(7)18-12(10)11/h2-6H,1H3,(H,15,16). The molecule has 0 radical (unpaired) electrons. The van der Waals surface area contributed by atoms with Crippen LogP contribution in [0.5, 0.6) is 5.75 Å². The van der Waals surface area contributed by atoms with Crippen LogP contribution in [0.2, 0.25) is 0 Å². The van der Waals surface area contributed by atoms with Gasteiger partial charge < -0.3 is 14.3 Å². The van der Waals surface area contributed by atoms with E-state index >= 15 is 0 Å². The number of fused-ring (bicyclic) bond motifs is 3. The molecule has 1 N–H and O–H groups in total. The molecular formula is C13H9NO4. The molecular weight excluding hydrogens is 234 g/mol. The van der Waals surface area contributed by atoms with E-state index in [0.29, 0.717) is 22.4 Å². The Morgan fingerprint density at radius 3 is 2.89 bits per heavy atom. The molecule has 3 rings (SSSR count). The molecule has 0 amide bonds. The first kappa shape index (κ1) is 10.6. The molecule has 0 saturated carbocycles. The number of nitrogens with zero attached hydrogens (tertiary/aromatic N) is 1. The zero-order valence-electron chi connectivity index (χ0n) is 9.51. The van der Waals surface area contributed by atoms with Crippen LogP contribution in [0.15, 0.2) is 34.7 Å². The van der Waals surface area contributed by atoms with Gasteiger partial charge in [0.05, 0.1) is 7.11 Å². The number of pyridine rings is 1. The van der Waals surface area contributed by atoms with Crippen molar-refractivity contribution < 1.29 is 19.1 Å². The molecule has 0 aliphatic rings. The van der Waals surface area contributed by atoms with Gasteiger partial charge in [-0.25, -0.2) is 9.78 Å². The lowest BCUT2D eigenvalue weighted by Crippen LogP contribution is -2.00. The van der Waals surface area contributed by atoms with Crippen LogP contribution in [-0.4, -0.2) is 23.2 Å². The van der Waals surface area contributed by atoms with Gasteiger partial charge in [-0.3, -0.25) is 0 Å². The number of carbonyl (C=O) groups is 1. The second kappa shape index (κ2) is 3.73. The molecule has 3 aromatic rings. The molecule has 5 heteroatoms. The largest absolute Gasteiger partial charge is 0.493 e. The Hall–Kier alpha value is -2.56. The minimum atomic E-state index is -1.10. The quantitative estimate of drug-likeness (QED) is 0.749. The van der Waals surface area contributed by atoms with Gasteiger partial charge in [-0.05, 0) is 12.1 Å². The van der Waals surface area contributed by atoms with E-state index in [2.05, 4.69) is 4.98 Å². The van der Waals surface area contributed by atoms with E-state index in [0.717, 1.165) is 5.39 Å². The minimum Gasteiger partial charge on any atom is -0.493 e. The molecule has 0 atom stereocenters. The van der Waals surface area contributed by atoms with Crippen LogP contribution in [0.25, 0.3) is 22.1 Å². The molecule has 0 aliphatic carbocycles. The van der Waals surface area contributed by atoms with Crippen molar-refractivity contribution in [2.24, 2.45) is 0 Å². The van der Waals surface area contributed by atoms with Gasteiger partial charge in [0.15, 0.2) is 17.0 Å². The summed E-state index contributed by atoms with van der Waals surface area (Å²) in [5, 5.41) is 9.80. The summed E-state index contributed by atoms with van der Waals surface area (Å²) in [6, 6.07) is 8.68. The number of benzene rings is 1. The van der Waals surface area contributed by atoms with Gasteiger partial charge in [0.1, 0.15) is 11.1 Å². The first-order valence-electron chi connectivity index (χ1n) is 5.30. The molecule has 0 fully saturated rings. The zero-order chi connectivity index (χ0) is 12.7. The predicted molar refractivity (Wildman–Crippen MR) is 65.0 cm³/mol. The lowest BCUT2D eigenvalue weighted by atomic mass is 10.2. The van der Waals surface area contributed by atoms with E-state index in [1.54, 1.807) is 6.07 Å². The first-order chi connectivity index (χ1) is 8.70. The molecule has 0 bridgehead atoms. The number of hydrogen-bond donors (Lipinski definition) is 1. The van der Waals surface area contributed by atoms with E-state index in [-0.39, 0.29) is 5.69 Å². The van der Waals surface area contributed by atoms with Crippen LogP contribution in [-0.2, 0) is 0 Å². The van der Waals surface area contributed by atoms with Crippen LogP contribution >= 0.6 is 0 Å². The highest BCUT2D eigenvalue weighted by Crippen LogP contribution is 2.33. The predicted octanol–water partition coefficient (Wildman–Crippen LogP) is 2.69. The molecule has 0 unspecified atom stereocenters. The number of furan rings is 1. The Labute approximate surface area is 102 Å². The van der Waals surface area contributed by atoms with Crippen molar-refractivity contribution >= 4 is 28.0 Å². The van der Waals surface area contributed by atoms with Gasteiger partial charge in [-0.15, -0.1) is 0 Å². The zero-order valence-corrected chi connectivity index (χ0v) is 9.51. The molecule has 2 heterocycles. The summed E-state index contributed by atoms with van der Waals surface area (Å²) in [6.45, 7) is 0. The van der Waals surface area contributed by atoms with Crippen molar-refractivity contribution in [2.45, 2.75) is 0 Å². The first-order valence-corrected chi connectivity index (χ1v) is 5.30. The molecule has 0 spiro atoms. The van der Waals surface area contributed by atoms with Gasteiger partial charge in [0.2, 0.25) is 0 Å². The molecule has 1 aromatic carbocycles. The van der Waals surface area contributed by atoms with Gasteiger partial charge in [-0.1, -0.05) is 12.1 Å². The second-order valence-electron chi connectivity index (χ2n) is 3.79. The fourth-order valence-corrected chi connectivity index (χ4v) is 1.91. The number of hydrogen-bond acceptors (Lipinski definition) is 4. The number of methoxy groups -OCH3 is 1. The van der Waals surface area contributed by atoms with E-state index in [1.807, 2.05) is 18.2 Å². The average Bonchev–Trinajstić information content (AvgIpc) is 2.76. The summed E-state index contributed by atoms with van der Waals surface area (Å²) in [5.74, 6) is -0.728. The molecule has 0 saturated heterocycles. The number of aromatic carboxylic acids is 1. The summed E-state index contributed by atoms with van der Waals surface area (Å²) in [6.07, 6.45) is 0. The van der Waals surface area contributed by atoms with Crippen LogP contribution in [0, 0.1) is 0 Å². The van der Waals surface area contributed by atoms with Gasteiger partial charge in [0.25, 0.3) is 0 Å². The van der Waals surface area contributed by atoms with Crippen molar-refractivity contribution in [3.05, 3.63) is 36.0 Å². The lowest BCUT2D eigenvalue weighted by Gasteiger charge is -2.01. The van der Waals surface area contributed by atoms with E-state index < -0.39 is 5.97 Å². The Morgan fingerprint density at radius 2 is 2.17 bits per heavy atom. The second-order valence-corrected chi connectivity index (χ2v) is 3.79. The van der Waals surface area contributed by atoms with Crippen LogP contribution < -0.4 is 4.74 Å². The molecule has 5 nitrogen and oxygen atoms in total. The third-order valence-electron chi connectivity index (χ3n) is 2.73. The van der Waals surface area contributed by atoms with Crippen molar-refractivity contribution in [2.75, 3.05) is 7.11 Å². The van der Waals surface area contributed by atoms with Gasteiger partial charge in [-0.2, -0.15) is 0 Å². The Kier molecular flexibility index (Phi) is 2.19. The summed E-state index contributed by atoms with van der Waals surface area (Å²) < 4.78 is 10.8. The normalized spacial score (nSPS) is 10.9. The van der Waals surface area contributed by atoms with E-state index in [1.165, 1.54) is 13.2 Å². The smallest absolute Gasteiger partial charge is 0.354 e. The highest BCUT2D eigenvalue weighted by Gasteiger charge is 2.17. The maximum absolute atomic E-state index is 11.0. The fraction of sp³-hybridized carbons (Fsp3) is 0.0769. The highest BCUT2D eigenvalue weighted by atomic mass is 16.5. The SMILES string of the molecule is COc1cc(C(=O)O)nc2c1oc1ccccc12. The average molecular weight is 243 g/mol. The van der Waals surface area contributed by atoms with Crippen molar-refractivity contribution in [1.82, 2.24) is 4.98 Å². The topological polar surface area (TPSA) is 72.6 Å². The monoisotopic (exact) mass is 243 g/mol. The summed E-state index contributed by atoms with van der Waals surface area (Å²) in [5.41, 5.74) is 1.55. The maximum atomic E-state index is 11.0. The van der Waals surface area contributed by atoms with E-state index in [4.69, 9.17) is 14.3 Å². The van der Waals surface area contributed by atoms with Crippen molar-refractivity contribution in [3.63, 3.8) is 0 Å². The number of carboxylic acids is 1. The number of aromatic nitrogens is 1. The molecule has 90 valence electrons. The maximum Gasteiger partial charge on any atom is 0.354 e. The summed E-state index contributed by atoms with van der Waals surface area (Å²) >= 11 is 0. The van der Waals surface area contributed by atoms with Gasteiger partial charge in [0, 0.05) is 11.5 Å². The Morgan fingerprint density at radius 1 is 1.39 bits per heavy atom. The third-order valence-corrected chi connectivity index (χ3v) is 2.73. The number of para-hydroxylation sites is 1. The number of ether oxygens (including phenoxy) is 1. The fourth-order valence-electron chi connectivity index (χ4n) is 1.91. The third kappa shape index (κ3) is 1.41. The Balaban J connectivity index is 2.48. The van der Waals surface area contributed by atoms with Crippen LogP contribution in [0.1, 0.15) is 10.5 Å². The number of rotatable bonds is 2. The molecule has 0 aliphatic heterocycles. The van der Waals surface area contributed by atoms with Crippen LogP contribution in [0.3, 0.4) is 0 Å². The molecule has 2 aromatic heterocycles. The van der Waals surface area contributed by atoms with Crippen molar-refractivity contribution in [3.8, 4) is 5.75 Å². The minimum absolute atomic E-state index is 0.0640. The van der Waals surface area contributed by atoms with Gasteiger partial charge >= 0.3 is 5.97 Å². The lowest BCUT2D eigenvalue weighted by molar-refractivity contribution is 0.0690. The van der Waals surface area contributed by atoms with Crippen LogP contribution in [0.4, 0.5) is 0 Å². The van der Waals surface area contributed by atoms with Crippen molar-refractivity contribution in [1.29, 1.82) is 0 Å². The summed E-state index contributed by atoms with van der Waals surface area (Å²) in [4.78, 5) is 15.1.